The second kappa shape index (κ2) is 9.89. The molecule has 7 heteroatoms. The van der Waals surface area contributed by atoms with E-state index < -0.39 is 29.5 Å². The Balaban J connectivity index is 1.94. The fraction of sp³-hybridized carbons (Fsp3) is 0.300. The molecule has 0 saturated carbocycles. The molecule has 0 aliphatic rings. The summed E-state index contributed by atoms with van der Waals surface area (Å²) in [6.07, 6.45) is -0.298. The first-order valence-electron chi connectivity index (χ1n) is 8.47. The predicted molar refractivity (Wildman–Crippen MR) is 96.9 cm³/mol. The fourth-order valence-corrected chi connectivity index (χ4v) is 2.66. The number of carbonyl (C=O) groups is 2. The van der Waals surface area contributed by atoms with Gasteiger partial charge in [-0.3, -0.25) is 20.2 Å². The van der Waals surface area contributed by atoms with Crippen LogP contribution in [-0.4, -0.2) is 31.6 Å². The second-order valence-corrected chi connectivity index (χ2v) is 6.17. The first-order chi connectivity index (χ1) is 12.9. The number of hydrogen-bond acceptors (Lipinski definition) is 4. The van der Waals surface area contributed by atoms with Gasteiger partial charge in [-0.2, -0.15) is 0 Å². The third-order valence-electron chi connectivity index (χ3n) is 3.93. The smallest absolute Gasteiger partial charge is 0.243 e. The number of hydrogen-bond donors (Lipinski definition) is 2. The molecule has 0 bridgehead atoms. The number of carbonyl (C=O) groups excluding carboxylic acids is 2. The topological polar surface area (TPSA) is 67.4 Å². The Kier molecular flexibility index (Phi) is 7.57. The zero-order chi connectivity index (χ0) is 19.8. The van der Waals surface area contributed by atoms with Gasteiger partial charge in [-0.15, -0.1) is 0 Å². The summed E-state index contributed by atoms with van der Waals surface area (Å²) in [4.78, 5) is 24.3. The van der Waals surface area contributed by atoms with Gasteiger partial charge < -0.3 is 4.74 Å². The highest BCUT2D eigenvalue weighted by molar-refractivity contribution is 5.98. The maximum atomic E-state index is 13.2. The van der Waals surface area contributed by atoms with Crippen LogP contribution in [0.4, 0.5) is 8.78 Å². The molecule has 0 spiro atoms. The van der Waals surface area contributed by atoms with Gasteiger partial charge in [0, 0.05) is 13.2 Å². The molecule has 0 fully saturated rings. The first kappa shape index (κ1) is 20.7. The Hall–Kier alpha value is -2.64. The van der Waals surface area contributed by atoms with Crippen molar-refractivity contribution in [2.24, 2.45) is 0 Å². The Morgan fingerprint density at radius 3 is 2.30 bits per heavy atom. The minimum Gasteiger partial charge on any atom is -0.383 e. The highest BCUT2D eigenvalue weighted by atomic mass is 19.1. The van der Waals surface area contributed by atoms with Gasteiger partial charge >= 0.3 is 0 Å². The summed E-state index contributed by atoms with van der Waals surface area (Å²) < 4.78 is 31.6. The zero-order valence-corrected chi connectivity index (χ0v) is 15.2. The number of amides is 2. The molecular weight excluding hydrogens is 354 g/mol. The predicted octanol–water partition coefficient (Wildman–Crippen LogP) is 2.52. The molecule has 2 N–H and O–H groups in total. The summed E-state index contributed by atoms with van der Waals surface area (Å²) in [6, 6.07) is 11.4. The number of ether oxygens (including phenoxy) is 1. The summed E-state index contributed by atoms with van der Waals surface area (Å²) in [7, 11) is 1.56. The van der Waals surface area contributed by atoms with Crippen molar-refractivity contribution >= 4 is 11.8 Å². The van der Waals surface area contributed by atoms with Gasteiger partial charge in [-0.25, -0.2) is 8.78 Å². The van der Waals surface area contributed by atoms with Crippen LogP contribution in [0, 0.1) is 11.6 Å². The highest BCUT2D eigenvalue weighted by Gasteiger charge is 2.21. The van der Waals surface area contributed by atoms with Gasteiger partial charge in [0.05, 0.1) is 25.1 Å². The van der Waals surface area contributed by atoms with Crippen molar-refractivity contribution in [1.29, 1.82) is 0 Å². The molecule has 0 aliphatic heterocycles. The third kappa shape index (κ3) is 6.54. The average molecular weight is 376 g/mol. The summed E-state index contributed by atoms with van der Waals surface area (Å²) in [5.74, 6) is -2.72. The van der Waals surface area contributed by atoms with E-state index in [0.29, 0.717) is 6.61 Å². The van der Waals surface area contributed by atoms with Crippen LogP contribution in [0.15, 0.2) is 48.5 Å². The molecule has 5 nitrogen and oxygen atoms in total. The molecule has 0 saturated heterocycles. The van der Waals surface area contributed by atoms with E-state index in [0.717, 1.165) is 23.8 Å². The summed E-state index contributed by atoms with van der Waals surface area (Å²) in [5.41, 5.74) is 1.10. The largest absolute Gasteiger partial charge is 0.383 e. The quantitative estimate of drug-likeness (QED) is 0.743. The van der Waals surface area contributed by atoms with Crippen LogP contribution in [0.1, 0.15) is 24.1 Å². The molecule has 2 aromatic rings. The van der Waals surface area contributed by atoms with E-state index >= 15 is 0 Å². The molecule has 2 amide bonds. The van der Waals surface area contributed by atoms with Gasteiger partial charge in [-0.05, 0) is 30.2 Å². The molecule has 144 valence electrons. The van der Waals surface area contributed by atoms with Crippen LogP contribution in [0.5, 0.6) is 0 Å². The number of imide groups is 1. The average Bonchev–Trinajstić information content (AvgIpc) is 2.61. The Labute approximate surface area is 156 Å². The van der Waals surface area contributed by atoms with Crippen molar-refractivity contribution in [3.05, 3.63) is 71.3 Å². The van der Waals surface area contributed by atoms with E-state index in [2.05, 4.69) is 10.6 Å². The fourth-order valence-electron chi connectivity index (χ4n) is 2.66. The second-order valence-electron chi connectivity index (χ2n) is 6.17. The monoisotopic (exact) mass is 376 g/mol. The molecule has 0 heterocycles. The highest BCUT2D eigenvalue weighted by Crippen LogP contribution is 2.14. The van der Waals surface area contributed by atoms with Gasteiger partial charge in [0.25, 0.3) is 0 Å². The van der Waals surface area contributed by atoms with Gasteiger partial charge in [0.15, 0.2) is 0 Å². The van der Waals surface area contributed by atoms with E-state index in [1.165, 1.54) is 0 Å². The number of halogens is 2. The molecule has 2 atom stereocenters. The van der Waals surface area contributed by atoms with Crippen molar-refractivity contribution in [2.75, 3.05) is 13.7 Å². The number of methoxy groups -OCH3 is 1. The Bertz CT molecular complexity index is 764. The lowest BCUT2D eigenvalue weighted by Gasteiger charge is -2.22. The van der Waals surface area contributed by atoms with E-state index in [-0.39, 0.29) is 18.0 Å². The van der Waals surface area contributed by atoms with Gasteiger partial charge in [0.1, 0.15) is 11.6 Å². The van der Waals surface area contributed by atoms with Crippen LogP contribution in [-0.2, 0) is 20.7 Å². The summed E-state index contributed by atoms with van der Waals surface area (Å²) in [6.45, 7) is 1.97. The minimum absolute atomic E-state index is 0.153. The molecule has 0 radical (unpaired) electrons. The summed E-state index contributed by atoms with van der Waals surface area (Å²) in [5, 5.41) is 5.35. The molecule has 0 aliphatic carbocycles. The molecule has 1 unspecified atom stereocenters. The van der Waals surface area contributed by atoms with Crippen LogP contribution in [0.25, 0.3) is 0 Å². The number of rotatable bonds is 8. The van der Waals surface area contributed by atoms with E-state index in [4.69, 9.17) is 4.74 Å². The van der Waals surface area contributed by atoms with Crippen molar-refractivity contribution in [2.45, 2.75) is 25.4 Å². The van der Waals surface area contributed by atoms with E-state index in [1.54, 1.807) is 14.0 Å². The van der Waals surface area contributed by atoms with Crippen LogP contribution >= 0.6 is 0 Å². The summed E-state index contributed by atoms with van der Waals surface area (Å²) >= 11 is 0. The lowest BCUT2D eigenvalue weighted by Crippen LogP contribution is -2.46. The lowest BCUT2D eigenvalue weighted by atomic mass is 10.1. The van der Waals surface area contributed by atoms with Gasteiger partial charge in [0.2, 0.25) is 11.8 Å². The van der Waals surface area contributed by atoms with Crippen LogP contribution in [0.3, 0.4) is 0 Å². The Morgan fingerprint density at radius 2 is 1.70 bits per heavy atom. The van der Waals surface area contributed by atoms with Crippen LogP contribution < -0.4 is 10.6 Å². The maximum Gasteiger partial charge on any atom is 0.243 e. The SMILES string of the molecule is COCC(N[C@@H](C)C(=O)NC(=O)Cc1cc(F)cc(F)c1)c1ccccc1. The number of nitrogens with one attached hydrogen (secondary N) is 2. The zero-order valence-electron chi connectivity index (χ0n) is 15.2. The first-order valence-corrected chi connectivity index (χ1v) is 8.47. The maximum absolute atomic E-state index is 13.2. The molecule has 2 rings (SSSR count). The standard InChI is InChI=1S/C20H22F2N2O3/c1-13(23-18(12-27-2)15-6-4-3-5-7-15)20(26)24-19(25)10-14-8-16(21)11-17(22)9-14/h3-9,11,13,18,23H,10,12H2,1-2H3,(H,24,25,26)/t13-,18?/m0/s1. The third-order valence-corrected chi connectivity index (χ3v) is 3.93. The van der Waals surface area contributed by atoms with Gasteiger partial charge in [-0.1, -0.05) is 30.3 Å². The normalized spacial score (nSPS) is 13.0. The molecule has 2 aromatic carbocycles. The Morgan fingerprint density at radius 1 is 1.07 bits per heavy atom. The van der Waals surface area contributed by atoms with Crippen molar-refractivity contribution < 1.29 is 23.1 Å². The van der Waals surface area contributed by atoms with E-state index in [1.807, 2.05) is 30.3 Å². The minimum atomic E-state index is -0.774. The molecule has 0 aromatic heterocycles. The van der Waals surface area contributed by atoms with Crippen molar-refractivity contribution in [1.82, 2.24) is 10.6 Å². The van der Waals surface area contributed by atoms with Crippen molar-refractivity contribution in [3.8, 4) is 0 Å². The molecular formula is C20H22F2N2O3. The molecule has 27 heavy (non-hydrogen) atoms. The lowest BCUT2D eigenvalue weighted by molar-refractivity contribution is -0.131. The van der Waals surface area contributed by atoms with E-state index in [9.17, 15) is 18.4 Å². The number of benzene rings is 2. The van der Waals surface area contributed by atoms with Crippen LogP contribution in [0.2, 0.25) is 0 Å². The van der Waals surface area contributed by atoms with Crippen molar-refractivity contribution in [3.63, 3.8) is 0 Å².